The molecule has 68 valence electrons. The van der Waals surface area contributed by atoms with E-state index in [0.717, 1.165) is 11.3 Å². The Hall–Kier alpha value is -1.58. The fourth-order valence-corrected chi connectivity index (χ4v) is 1.33. The third-order valence-corrected chi connectivity index (χ3v) is 2.05. The smallest absolute Gasteiger partial charge is 0.177 e. The zero-order valence-corrected chi connectivity index (χ0v) is 7.73. The quantitative estimate of drug-likeness (QED) is 0.715. The molecule has 0 radical (unpaired) electrons. The van der Waals surface area contributed by atoms with Gasteiger partial charge >= 0.3 is 0 Å². The van der Waals surface area contributed by atoms with E-state index in [-0.39, 0.29) is 0 Å². The van der Waals surface area contributed by atoms with Gasteiger partial charge in [0.2, 0.25) is 0 Å². The number of nitrogens with zero attached hydrogens (tertiary/aromatic N) is 3. The van der Waals surface area contributed by atoms with Crippen LogP contribution in [0.15, 0.2) is 18.5 Å². The number of anilines is 1. The molecule has 0 saturated carbocycles. The summed E-state index contributed by atoms with van der Waals surface area (Å²) in [6, 6.07) is 1.76. The minimum Gasteiger partial charge on any atom is -0.396 e. The fourth-order valence-electron chi connectivity index (χ4n) is 1.33. The van der Waals surface area contributed by atoms with Gasteiger partial charge in [0, 0.05) is 0 Å². The van der Waals surface area contributed by atoms with Crippen molar-refractivity contribution in [3.8, 4) is 0 Å². The van der Waals surface area contributed by atoms with Crippen LogP contribution in [0.1, 0.15) is 25.5 Å². The van der Waals surface area contributed by atoms with E-state index in [1.807, 2.05) is 6.20 Å². The molecular formula is C9H12N4. The number of hydrogen-bond acceptors (Lipinski definition) is 3. The van der Waals surface area contributed by atoms with E-state index >= 15 is 0 Å². The van der Waals surface area contributed by atoms with Crippen molar-refractivity contribution in [3.63, 3.8) is 0 Å². The summed E-state index contributed by atoms with van der Waals surface area (Å²) >= 11 is 0. The highest BCUT2D eigenvalue weighted by Crippen LogP contribution is 2.17. The van der Waals surface area contributed by atoms with Crippen molar-refractivity contribution >= 4 is 11.3 Å². The molecule has 0 fully saturated rings. The van der Waals surface area contributed by atoms with Crippen molar-refractivity contribution in [2.24, 2.45) is 0 Å². The molecule has 2 N–H and O–H groups in total. The molecular weight excluding hydrogens is 164 g/mol. The maximum Gasteiger partial charge on any atom is 0.177 e. The first-order valence-corrected chi connectivity index (χ1v) is 4.28. The number of nitrogens with two attached hydrogens (primary N) is 1. The van der Waals surface area contributed by atoms with Crippen LogP contribution >= 0.6 is 0 Å². The lowest BCUT2D eigenvalue weighted by molar-refractivity contribution is 0.759. The number of hydrogen-bond donors (Lipinski definition) is 1. The minimum atomic E-state index is 0.407. The topological polar surface area (TPSA) is 56.2 Å². The Morgan fingerprint density at radius 3 is 2.92 bits per heavy atom. The van der Waals surface area contributed by atoms with Gasteiger partial charge in [0.1, 0.15) is 0 Å². The second-order valence-electron chi connectivity index (χ2n) is 3.36. The predicted molar refractivity (Wildman–Crippen MR) is 51.5 cm³/mol. The monoisotopic (exact) mass is 176 g/mol. The van der Waals surface area contributed by atoms with Crippen molar-refractivity contribution in [3.05, 3.63) is 24.2 Å². The van der Waals surface area contributed by atoms with Gasteiger partial charge in [-0.25, -0.2) is 9.50 Å². The van der Waals surface area contributed by atoms with Gasteiger partial charge in [-0.2, -0.15) is 5.10 Å². The second kappa shape index (κ2) is 2.73. The molecule has 0 unspecified atom stereocenters. The Kier molecular flexibility index (Phi) is 1.69. The first-order chi connectivity index (χ1) is 6.20. The Bertz CT molecular complexity index is 430. The maximum absolute atomic E-state index is 5.75. The van der Waals surface area contributed by atoms with Gasteiger partial charge in [-0.1, -0.05) is 13.8 Å². The van der Waals surface area contributed by atoms with E-state index in [1.165, 1.54) is 0 Å². The summed E-state index contributed by atoms with van der Waals surface area (Å²) in [6.07, 6.45) is 3.51. The molecule has 2 rings (SSSR count). The summed E-state index contributed by atoms with van der Waals surface area (Å²) in [4.78, 5) is 4.21. The first-order valence-electron chi connectivity index (χ1n) is 4.28. The van der Waals surface area contributed by atoms with Gasteiger partial charge in [-0.15, -0.1) is 0 Å². The molecule has 0 saturated heterocycles. The Labute approximate surface area is 76.4 Å². The van der Waals surface area contributed by atoms with Crippen LogP contribution in [0.2, 0.25) is 0 Å². The second-order valence-corrected chi connectivity index (χ2v) is 3.36. The molecule has 0 bridgehead atoms. The molecule has 0 aromatic carbocycles. The van der Waals surface area contributed by atoms with Crippen molar-refractivity contribution in [1.29, 1.82) is 0 Å². The van der Waals surface area contributed by atoms with Crippen LogP contribution in [0.5, 0.6) is 0 Å². The van der Waals surface area contributed by atoms with E-state index in [0.29, 0.717) is 11.6 Å². The highest BCUT2D eigenvalue weighted by atomic mass is 15.3. The molecule has 0 amide bonds. The average Bonchev–Trinajstić information content (AvgIpc) is 2.48. The van der Waals surface area contributed by atoms with E-state index in [1.54, 1.807) is 16.8 Å². The zero-order valence-electron chi connectivity index (χ0n) is 7.73. The molecule has 0 aliphatic rings. The molecule has 0 aliphatic heterocycles. The minimum absolute atomic E-state index is 0.407. The van der Waals surface area contributed by atoms with Crippen molar-refractivity contribution in [1.82, 2.24) is 14.6 Å². The lowest BCUT2D eigenvalue weighted by Crippen LogP contribution is -2.00. The Morgan fingerprint density at radius 2 is 2.23 bits per heavy atom. The van der Waals surface area contributed by atoms with Crippen LogP contribution in [-0.4, -0.2) is 14.6 Å². The van der Waals surface area contributed by atoms with Crippen molar-refractivity contribution in [2.75, 3.05) is 5.73 Å². The standard InChI is InChI=1S/C9H12N4/c1-6(2)8-5-11-9-7(10)3-4-12-13(8)9/h3-6H,10H2,1-2H3. The predicted octanol–water partition coefficient (Wildman–Crippen LogP) is 1.43. The van der Waals surface area contributed by atoms with Crippen LogP contribution in [0.4, 0.5) is 5.69 Å². The van der Waals surface area contributed by atoms with Gasteiger partial charge in [0.25, 0.3) is 0 Å². The number of nitrogen functional groups attached to an aromatic ring is 1. The number of fused-ring (bicyclic) bond motifs is 1. The number of aromatic nitrogens is 3. The van der Waals surface area contributed by atoms with Gasteiger partial charge in [0.05, 0.1) is 23.8 Å². The van der Waals surface area contributed by atoms with Crippen molar-refractivity contribution in [2.45, 2.75) is 19.8 Å². The third-order valence-electron chi connectivity index (χ3n) is 2.05. The lowest BCUT2D eigenvalue weighted by Gasteiger charge is -2.03. The lowest BCUT2D eigenvalue weighted by atomic mass is 10.2. The zero-order chi connectivity index (χ0) is 9.42. The highest BCUT2D eigenvalue weighted by molar-refractivity contribution is 5.63. The molecule has 13 heavy (non-hydrogen) atoms. The molecule has 0 spiro atoms. The summed E-state index contributed by atoms with van der Waals surface area (Å²) in [5.74, 6) is 0.407. The van der Waals surface area contributed by atoms with E-state index in [9.17, 15) is 0 Å². The van der Waals surface area contributed by atoms with Gasteiger partial charge in [-0.3, -0.25) is 0 Å². The molecule has 4 heteroatoms. The molecule has 0 aliphatic carbocycles. The summed E-state index contributed by atoms with van der Waals surface area (Å²) in [6.45, 7) is 4.21. The van der Waals surface area contributed by atoms with Crippen LogP contribution in [0.3, 0.4) is 0 Å². The summed E-state index contributed by atoms with van der Waals surface area (Å²) in [5, 5.41) is 4.20. The molecule has 2 aromatic rings. The summed E-state index contributed by atoms with van der Waals surface area (Å²) < 4.78 is 1.79. The van der Waals surface area contributed by atoms with E-state index in [2.05, 4.69) is 23.9 Å². The largest absolute Gasteiger partial charge is 0.396 e. The summed E-state index contributed by atoms with van der Waals surface area (Å²) in [5.41, 5.74) is 8.24. The summed E-state index contributed by atoms with van der Waals surface area (Å²) in [7, 11) is 0. The normalized spacial score (nSPS) is 11.3. The maximum atomic E-state index is 5.75. The van der Waals surface area contributed by atoms with Gasteiger partial charge < -0.3 is 5.73 Å². The Balaban J connectivity index is 2.75. The van der Waals surface area contributed by atoms with Crippen LogP contribution in [-0.2, 0) is 0 Å². The number of imidazole rings is 1. The first kappa shape index (κ1) is 8.04. The Morgan fingerprint density at radius 1 is 1.46 bits per heavy atom. The average molecular weight is 176 g/mol. The molecule has 0 atom stereocenters. The van der Waals surface area contributed by atoms with Crippen LogP contribution in [0.25, 0.3) is 5.65 Å². The SMILES string of the molecule is CC(C)c1cnc2c(N)ccnn12. The fraction of sp³-hybridized carbons (Fsp3) is 0.333. The van der Waals surface area contributed by atoms with E-state index in [4.69, 9.17) is 5.73 Å². The van der Waals surface area contributed by atoms with Gasteiger partial charge in [0.15, 0.2) is 5.65 Å². The van der Waals surface area contributed by atoms with Crippen LogP contribution in [0, 0.1) is 0 Å². The number of rotatable bonds is 1. The third kappa shape index (κ3) is 1.14. The van der Waals surface area contributed by atoms with Gasteiger partial charge in [-0.05, 0) is 12.0 Å². The molecule has 2 heterocycles. The van der Waals surface area contributed by atoms with Crippen molar-refractivity contribution < 1.29 is 0 Å². The molecule has 4 nitrogen and oxygen atoms in total. The highest BCUT2D eigenvalue weighted by Gasteiger charge is 2.08. The van der Waals surface area contributed by atoms with Crippen LogP contribution < -0.4 is 5.73 Å². The molecule has 2 aromatic heterocycles. The van der Waals surface area contributed by atoms with E-state index < -0.39 is 0 Å².